The summed E-state index contributed by atoms with van der Waals surface area (Å²) >= 11 is 0. The van der Waals surface area contributed by atoms with E-state index in [4.69, 9.17) is 4.74 Å². The maximum Gasteiger partial charge on any atom is 0.325 e. The van der Waals surface area contributed by atoms with Gasteiger partial charge in [0.15, 0.2) is 0 Å². The molecule has 0 bridgehead atoms. The molecule has 0 spiro atoms. The van der Waals surface area contributed by atoms with Crippen LogP contribution in [0.1, 0.15) is 5.56 Å². The molecule has 2 aliphatic heterocycles. The van der Waals surface area contributed by atoms with Gasteiger partial charge in [-0.1, -0.05) is 18.2 Å². The molecular formula is C14H15N3O4. The summed E-state index contributed by atoms with van der Waals surface area (Å²) in [6, 6.07) is 7.23. The number of fused-ring (bicyclic) bond motifs is 1. The minimum atomic E-state index is -0.528. The first-order valence-corrected chi connectivity index (χ1v) is 6.72. The number of nitrogens with one attached hydrogen (secondary N) is 2. The van der Waals surface area contributed by atoms with E-state index in [1.54, 1.807) is 0 Å². The summed E-state index contributed by atoms with van der Waals surface area (Å²) in [7, 11) is 0. The van der Waals surface area contributed by atoms with Gasteiger partial charge >= 0.3 is 6.03 Å². The van der Waals surface area contributed by atoms with Gasteiger partial charge in [0, 0.05) is 6.42 Å². The third kappa shape index (κ3) is 2.96. The Labute approximate surface area is 121 Å². The van der Waals surface area contributed by atoms with E-state index >= 15 is 0 Å². The molecule has 4 amide bonds. The van der Waals surface area contributed by atoms with E-state index in [0.29, 0.717) is 6.54 Å². The summed E-state index contributed by atoms with van der Waals surface area (Å²) in [4.78, 5) is 35.3. The Morgan fingerprint density at radius 3 is 2.90 bits per heavy atom. The van der Waals surface area contributed by atoms with Gasteiger partial charge in [0.1, 0.15) is 24.9 Å². The highest BCUT2D eigenvalue weighted by Gasteiger charge is 2.29. The van der Waals surface area contributed by atoms with Crippen molar-refractivity contribution in [1.82, 2.24) is 15.5 Å². The fourth-order valence-electron chi connectivity index (χ4n) is 2.44. The van der Waals surface area contributed by atoms with Gasteiger partial charge in [0.2, 0.25) is 11.8 Å². The van der Waals surface area contributed by atoms with Crippen molar-refractivity contribution in [1.29, 1.82) is 0 Å². The smallest absolute Gasteiger partial charge is 0.325 e. The van der Waals surface area contributed by atoms with Gasteiger partial charge < -0.3 is 15.0 Å². The molecule has 1 saturated heterocycles. The van der Waals surface area contributed by atoms with Crippen LogP contribution in [-0.2, 0) is 16.0 Å². The van der Waals surface area contributed by atoms with E-state index in [1.165, 1.54) is 4.90 Å². The quantitative estimate of drug-likeness (QED) is 0.742. The number of benzene rings is 1. The number of carbonyl (C=O) groups is 3. The Hall–Kier alpha value is -2.57. The summed E-state index contributed by atoms with van der Waals surface area (Å²) in [6.45, 7) is 0.172. The van der Waals surface area contributed by atoms with Crippen molar-refractivity contribution < 1.29 is 19.1 Å². The normalized spacial score (nSPS) is 20.0. The Morgan fingerprint density at radius 1 is 1.38 bits per heavy atom. The number of ether oxygens (including phenoxy) is 1. The molecule has 2 N–H and O–H groups in total. The highest BCUT2D eigenvalue weighted by atomic mass is 16.5. The molecule has 2 aliphatic rings. The van der Waals surface area contributed by atoms with E-state index < -0.39 is 6.03 Å². The van der Waals surface area contributed by atoms with Gasteiger partial charge in [-0.15, -0.1) is 0 Å². The first kappa shape index (κ1) is 13.4. The van der Waals surface area contributed by atoms with E-state index in [2.05, 4.69) is 10.6 Å². The molecule has 7 nitrogen and oxygen atoms in total. The van der Waals surface area contributed by atoms with Crippen LogP contribution in [0.5, 0.6) is 5.75 Å². The molecule has 110 valence electrons. The van der Waals surface area contributed by atoms with Crippen LogP contribution in [0.3, 0.4) is 0 Å². The van der Waals surface area contributed by atoms with Crippen LogP contribution in [0, 0.1) is 0 Å². The predicted octanol–water partition coefficient (Wildman–Crippen LogP) is -0.342. The van der Waals surface area contributed by atoms with Gasteiger partial charge in [-0.3, -0.25) is 14.9 Å². The standard InChI is InChI=1S/C14H15N3O4/c18-12(7-17-8-13(19)16-14(17)20)15-6-10-5-9-3-1-2-4-11(9)21-10/h1-4,10H,5-8H2,(H,15,18)(H,16,19,20)/t10-/m0/s1. The first-order chi connectivity index (χ1) is 10.1. The van der Waals surface area contributed by atoms with Gasteiger partial charge in [-0.05, 0) is 11.6 Å². The summed E-state index contributed by atoms with van der Waals surface area (Å²) in [5.74, 6) is 0.156. The largest absolute Gasteiger partial charge is 0.488 e. The minimum Gasteiger partial charge on any atom is -0.488 e. The zero-order chi connectivity index (χ0) is 14.8. The minimum absolute atomic E-state index is 0.0718. The average Bonchev–Trinajstić information content (AvgIpc) is 2.99. The number of rotatable bonds is 4. The molecule has 21 heavy (non-hydrogen) atoms. The second-order valence-electron chi connectivity index (χ2n) is 5.07. The molecule has 3 rings (SSSR count). The van der Waals surface area contributed by atoms with Gasteiger partial charge in [0.25, 0.3) is 0 Å². The molecule has 0 unspecified atom stereocenters. The van der Waals surface area contributed by atoms with Crippen molar-refractivity contribution in [2.75, 3.05) is 19.6 Å². The maximum atomic E-state index is 11.8. The average molecular weight is 289 g/mol. The van der Waals surface area contributed by atoms with Crippen molar-refractivity contribution in [3.63, 3.8) is 0 Å². The van der Waals surface area contributed by atoms with Crippen LogP contribution < -0.4 is 15.4 Å². The third-order valence-corrected chi connectivity index (χ3v) is 3.44. The van der Waals surface area contributed by atoms with Gasteiger partial charge in [0.05, 0.1) is 6.54 Å². The number of hydrogen-bond donors (Lipinski definition) is 2. The number of imide groups is 1. The summed E-state index contributed by atoms with van der Waals surface area (Å²) < 4.78 is 5.70. The monoisotopic (exact) mass is 289 g/mol. The zero-order valence-electron chi connectivity index (χ0n) is 11.3. The highest BCUT2D eigenvalue weighted by molar-refractivity contribution is 6.03. The number of carbonyl (C=O) groups excluding carboxylic acids is 3. The van der Waals surface area contributed by atoms with Gasteiger partial charge in [-0.25, -0.2) is 4.79 Å². The third-order valence-electron chi connectivity index (χ3n) is 3.44. The zero-order valence-corrected chi connectivity index (χ0v) is 11.3. The predicted molar refractivity (Wildman–Crippen MR) is 72.7 cm³/mol. The van der Waals surface area contributed by atoms with Gasteiger partial charge in [-0.2, -0.15) is 0 Å². The number of nitrogens with zero attached hydrogens (tertiary/aromatic N) is 1. The molecule has 0 radical (unpaired) electrons. The Bertz CT molecular complexity index is 577. The SMILES string of the molecule is O=C(CN1CC(=O)NC1=O)NC[C@@H]1Cc2ccccc2O1. The fraction of sp³-hybridized carbons (Fsp3) is 0.357. The van der Waals surface area contributed by atoms with Crippen molar-refractivity contribution in [3.05, 3.63) is 29.8 Å². The van der Waals surface area contributed by atoms with Crippen molar-refractivity contribution in [3.8, 4) is 5.75 Å². The first-order valence-electron chi connectivity index (χ1n) is 6.72. The van der Waals surface area contributed by atoms with E-state index in [0.717, 1.165) is 17.7 Å². The second kappa shape index (κ2) is 5.43. The summed E-state index contributed by atoms with van der Waals surface area (Å²) in [6.07, 6.45) is 0.652. The second-order valence-corrected chi connectivity index (χ2v) is 5.07. The Kier molecular flexibility index (Phi) is 3.47. The molecule has 1 atom stereocenters. The van der Waals surface area contributed by atoms with Crippen LogP contribution in [0.15, 0.2) is 24.3 Å². The van der Waals surface area contributed by atoms with Crippen LogP contribution in [0.2, 0.25) is 0 Å². The lowest BCUT2D eigenvalue weighted by Crippen LogP contribution is -2.42. The van der Waals surface area contributed by atoms with Crippen LogP contribution in [0.25, 0.3) is 0 Å². The number of hydrogen-bond acceptors (Lipinski definition) is 4. The number of urea groups is 1. The molecule has 1 fully saturated rings. The van der Waals surface area contributed by atoms with Crippen molar-refractivity contribution in [2.45, 2.75) is 12.5 Å². The number of amides is 4. The van der Waals surface area contributed by atoms with Crippen LogP contribution >= 0.6 is 0 Å². The molecule has 1 aromatic rings. The highest BCUT2D eigenvalue weighted by Crippen LogP contribution is 2.27. The lowest BCUT2D eigenvalue weighted by Gasteiger charge is -2.15. The summed E-state index contributed by atoms with van der Waals surface area (Å²) in [5, 5.41) is 4.85. The van der Waals surface area contributed by atoms with E-state index in [9.17, 15) is 14.4 Å². The lowest BCUT2D eigenvalue weighted by molar-refractivity contribution is -0.122. The van der Waals surface area contributed by atoms with Crippen molar-refractivity contribution >= 4 is 17.8 Å². The Balaban J connectivity index is 1.45. The maximum absolute atomic E-state index is 11.8. The lowest BCUT2D eigenvalue weighted by atomic mass is 10.1. The molecular weight excluding hydrogens is 274 g/mol. The fourth-order valence-corrected chi connectivity index (χ4v) is 2.44. The van der Waals surface area contributed by atoms with Crippen LogP contribution in [0.4, 0.5) is 4.79 Å². The molecule has 2 heterocycles. The molecule has 0 saturated carbocycles. The summed E-state index contributed by atoms with van der Waals surface area (Å²) in [5.41, 5.74) is 1.13. The van der Waals surface area contributed by atoms with Crippen molar-refractivity contribution in [2.24, 2.45) is 0 Å². The molecule has 0 aliphatic carbocycles. The van der Waals surface area contributed by atoms with E-state index in [1.807, 2.05) is 24.3 Å². The molecule has 1 aromatic carbocycles. The molecule has 0 aromatic heterocycles. The molecule has 7 heteroatoms. The Morgan fingerprint density at radius 2 is 2.19 bits per heavy atom. The van der Waals surface area contributed by atoms with Crippen LogP contribution in [-0.4, -0.2) is 48.5 Å². The van der Waals surface area contributed by atoms with E-state index in [-0.39, 0.29) is 31.0 Å². The topological polar surface area (TPSA) is 87.7 Å². The number of para-hydroxylation sites is 1.